The number of methoxy groups -OCH3 is 1. The molecule has 0 radical (unpaired) electrons. The van der Waals surface area contributed by atoms with E-state index in [1.807, 2.05) is 24.3 Å². The van der Waals surface area contributed by atoms with Gasteiger partial charge in [-0.25, -0.2) is 0 Å². The van der Waals surface area contributed by atoms with Gasteiger partial charge in [-0.2, -0.15) is 0 Å². The average molecular weight is 405 g/mol. The Labute approximate surface area is 182 Å². The second kappa shape index (κ2) is 12.7. The summed E-state index contributed by atoms with van der Waals surface area (Å²) in [7, 11) is 1.66. The third-order valence-corrected chi connectivity index (χ3v) is 5.61. The van der Waals surface area contributed by atoms with Crippen molar-refractivity contribution in [3.8, 4) is 11.5 Å². The summed E-state index contributed by atoms with van der Waals surface area (Å²) in [4.78, 5) is 0. The van der Waals surface area contributed by atoms with Crippen LogP contribution in [-0.4, -0.2) is 7.11 Å². The lowest BCUT2D eigenvalue weighted by Gasteiger charge is -2.11. The molecule has 2 heteroatoms. The van der Waals surface area contributed by atoms with Crippen molar-refractivity contribution in [2.75, 3.05) is 7.11 Å². The summed E-state index contributed by atoms with van der Waals surface area (Å²) in [5, 5.41) is 0. The van der Waals surface area contributed by atoms with Crippen molar-refractivity contribution in [2.45, 2.75) is 59.0 Å². The van der Waals surface area contributed by atoms with E-state index in [9.17, 15) is 0 Å². The van der Waals surface area contributed by atoms with Crippen molar-refractivity contribution >= 4 is 0 Å². The Kier molecular flexibility index (Phi) is 10.00. The number of hydrogen-bond donors (Lipinski definition) is 0. The molecule has 0 aliphatic rings. The minimum atomic E-state index is 0.590. The molecule has 0 bridgehead atoms. The SMILES string of the molecule is CCC(C)c1ccc(COc2ccc(OC)cc2)cc1.CCC(C)c1ccccc1. The first-order valence-electron chi connectivity index (χ1n) is 11.0. The van der Waals surface area contributed by atoms with E-state index >= 15 is 0 Å². The molecule has 3 rings (SSSR count). The van der Waals surface area contributed by atoms with Crippen LogP contribution in [0.2, 0.25) is 0 Å². The van der Waals surface area contributed by atoms with Crippen molar-refractivity contribution in [3.05, 3.63) is 95.6 Å². The fourth-order valence-corrected chi connectivity index (χ4v) is 3.03. The second-order valence-corrected chi connectivity index (χ2v) is 7.74. The minimum Gasteiger partial charge on any atom is -0.497 e. The summed E-state index contributed by atoms with van der Waals surface area (Å²) in [6.07, 6.45) is 2.39. The van der Waals surface area contributed by atoms with Gasteiger partial charge in [-0.15, -0.1) is 0 Å². The average Bonchev–Trinajstić information content (AvgIpc) is 2.83. The molecule has 3 aromatic rings. The maximum Gasteiger partial charge on any atom is 0.120 e. The maximum absolute atomic E-state index is 5.76. The summed E-state index contributed by atoms with van der Waals surface area (Å²) in [5.41, 5.74) is 4.03. The molecule has 0 spiro atoms. The molecule has 2 atom stereocenters. The van der Waals surface area contributed by atoms with Crippen LogP contribution in [0.15, 0.2) is 78.9 Å². The van der Waals surface area contributed by atoms with Gasteiger partial charge < -0.3 is 9.47 Å². The number of ether oxygens (including phenoxy) is 2. The summed E-state index contributed by atoms with van der Waals surface area (Å²) < 4.78 is 10.9. The number of rotatable bonds is 8. The lowest BCUT2D eigenvalue weighted by Crippen LogP contribution is -1.97. The van der Waals surface area contributed by atoms with E-state index in [-0.39, 0.29) is 0 Å². The standard InChI is InChI=1S/C18H22O2.C10H14/c1-4-14(2)16-7-5-15(6-8-16)13-20-18-11-9-17(19-3)10-12-18;1-3-9(2)10-7-5-4-6-8-10/h5-12,14H,4,13H2,1-3H3;4-9H,3H2,1-2H3. The molecule has 30 heavy (non-hydrogen) atoms. The molecule has 0 saturated carbocycles. The van der Waals surface area contributed by atoms with Crippen LogP contribution in [0.3, 0.4) is 0 Å². The fourth-order valence-electron chi connectivity index (χ4n) is 3.03. The summed E-state index contributed by atoms with van der Waals surface area (Å²) >= 11 is 0. The molecule has 0 amide bonds. The van der Waals surface area contributed by atoms with Crippen LogP contribution < -0.4 is 9.47 Å². The predicted molar refractivity (Wildman–Crippen MR) is 128 cm³/mol. The molecule has 2 nitrogen and oxygen atoms in total. The van der Waals surface area contributed by atoms with Gasteiger partial charge in [-0.05, 0) is 65.6 Å². The first-order valence-corrected chi connectivity index (χ1v) is 11.0. The van der Waals surface area contributed by atoms with Crippen LogP contribution in [0, 0.1) is 0 Å². The molecule has 0 fully saturated rings. The van der Waals surface area contributed by atoms with Gasteiger partial charge in [-0.3, -0.25) is 0 Å². The summed E-state index contributed by atoms with van der Waals surface area (Å²) in [6, 6.07) is 27.0. The van der Waals surface area contributed by atoms with E-state index in [2.05, 4.69) is 82.3 Å². The first-order chi connectivity index (χ1) is 14.6. The van der Waals surface area contributed by atoms with E-state index in [0.29, 0.717) is 18.4 Å². The van der Waals surface area contributed by atoms with Gasteiger partial charge in [0, 0.05) is 0 Å². The highest BCUT2D eigenvalue weighted by molar-refractivity contribution is 5.31. The molecular weight excluding hydrogens is 368 g/mol. The Morgan fingerprint density at radius 3 is 1.63 bits per heavy atom. The van der Waals surface area contributed by atoms with Gasteiger partial charge in [0.1, 0.15) is 18.1 Å². The highest BCUT2D eigenvalue weighted by atomic mass is 16.5. The van der Waals surface area contributed by atoms with Gasteiger partial charge in [0.15, 0.2) is 0 Å². The Morgan fingerprint density at radius 1 is 0.633 bits per heavy atom. The molecule has 3 aromatic carbocycles. The molecular formula is C28H36O2. The third-order valence-electron chi connectivity index (χ3n) is 5.61. The van der Waals surface area contributed by atoms with E-state index in [1.54, 1.807) is 7.11 Å². The monoisotopic (exact) mass is 404 g/mol. The molecule has 0 aliphatic heterocycles. The number of hydrogen-bond acceptors (Lipinski definition) is 2. The highest BCUT2D eigenvalue weighted by Crippen LogP contribution is 2.21. The zero-order valence-corrected chi connectivity index (χ0v) is 19.1. The third kappa shape index (κ3) is 7.59. The molecule has 0 saturated heterocycles. The van der Waals surface area contributed by atoms with Crippen LogP contribution in [0.5, 0.6) is 11.5 Å². The molecule has 0 heterocycles. The Balaban J connectivity index is 0.000000269. The topological polar surface area (TPSA) is 18.5 Å². The van der Waals surface area contributed by atoms with Gasteiger partial charge in [0.05, 0.1) is 7.11 Å². The summed E-state index contributed by atoms with van der Waals surface area (Å²) in [5.74, 6) is 3.03. The zero-order chi connectivity index (χ0) is 21.8. The molecule has 2 unspecified atom stereocenters. The van der Waals surface area contributed by atoms with Crippen LogP contribution >= 0.6 is 0 Å². The second-order valence-electron chi connectivity index (χ2n) is 7.74. The summed E-state index contributed by atoms with van der Waals surface area (Å²) in [6.45, 7) is 9.54. The Hall–Kier alpha value is -2.74. The highest BCUT2D eigenvalue weighted by Gasteiger charge is 2.03. The lowest BCUT2D eigenvalue weighted by molar-refractivity contribution is 0.305. The molecule has 0 aromatic heterocycles. The van der Waals surface area contributed by atoms with Crippen LogP contribution in [0.1, 0.15) is 69.1 Å². The predicted octanol–water partition coefficient (Wildman–Crippen LogP) is 7.99. The molecule has 0 aliphatic carbocycles. The minimum absolute atomic E-state index is 0.590. The van der Waals surface area contributed by atoms with E-state index in [4.69, 9.17) is 9.47 Å². The largest absolute Gasteiger partial charge is 0.497 e. The van der Waals surface area contributed by atoms with Crippen molar-refractivity contribution < 1.29 is 9.47 Å². The van der Waals surface area contributed by atoms with Gasteiger partial charge in [0.2, 0.25) is 0 Å². The normalized spacial score (nSPS) is 12.3. The van der Waals surface area contributed by atoms with Gasteiger partial charge in [0.25, 0.3) is 0 Å². The smallest absolute Gasteiger partial charge is 0.120 e. The van der Waals surface area contributed by atoms with E-state index in [1.165, 1.54) is 29.5 Å². The van der Waals surface area contributed by atoms with Crippen LogP contribution in [0.4, 0.5) is 0 Å². The van der Waals surface area contributed by atoms with Gasteiger partial charge in [-0.1, -0.05) is 82.3 Å². The van der Waals surface area contributed by atoms with Crippen LogP contribution in [0.25, 0.3) is 0 Å². The Bertz CT molecular complexity index is 823. The quantitative estimate of drug-likeness (QED) is 0.379. The van der Waals surface area contributed by atoms with Crippen molar-refractivity contribution in [2.24, 2.45) is 0 Å². The lowest BCUT2D eigenvalue weighted by atomic mass is 9.98. The van der Waals surface area contributed by atoms with Crippen molar-refractivity contribution in [3.63, 3.8) is 0 Å². The number of benzene rings is 3. The maximum atomic E-state index is 5.76. The fraction of sp³-hybridized carbons (Fsp3) is 0.357. The molecule has 160 valence electrons. The van der Waals surface area contributed by atoms with Crippen molar-refractivity contribution in [1.29, 1.82) is 0 Å². The van der Waals surface area contributed by atoms with Crippen LogP contribution in [-0.2, 0) is 6.61 Å². The van der Waals surface area contributed by atoms with E-state index < -0.39 is 0 Å². The van der Waals surface area contributed by atoms with Gasteiger partial charge >= 0.3 is 0 Å². The molecule has 0 N–H and O–H groups in total. The van der Waals surface area contributed by atoms with E-state index in [0.717, 1.165) is 11.5 Å². The zero-order valence-electron chi connectivity index (χ0n) is 19.1. The Morgan fingerprint density at radius 2 is 1.13 bits per heavy atom. The first kappa shape index (κ1) is 23.5. The van der Waals surface area contributed by atoms with Crippen molar-refractivity contribution in [1.82, 2.24) is 0 Å².